The predicted octanol–water partition coefficient (Wildman–Crippen LogP) is 2.96. The van der Waals surface area contributed by atoms with Gasteiger partial charge in [-0.05, 0) is 44.4 Å². The number of nitrogens with two attached hydrogens (primary N) is 1. The van der Waals surface area contributed by atoms with E-state index in [1.165, 1.54) is 25.8 Å². The molecule has 1 aliphatic rings. The van der Waals surface area contributed by atoms with Gasteiger partial charge < -0.3 is 15.4 Å². The fourth-order valence-corrected chi connectivity index (χ4v) is 2.53. The zero-order valence-corrected chi connectivity index (χ0v) is 13.0. The second-order valence-corrected chi connectivity index (χ2v) is 5.80. The van der Waals surface area contributed by atoms with E-state index < -0.39 is 0 Å². The van der Waals surface area contributed by atoms with E-state index in [0.717, 1.165) is 36.9 Å². The summed E-state index contributed by atoms with van der Waals surface area (Å²) in [6.45, 7) is 5.33. The Morgan fingerprint density at radius 2 is 2.20 bits per heavy atom. The zero-order chi connectivity index (χ0) is 14.4. The lowest BCUT2D eigenvalue weighted by molar-refractivity contribution is 0.227. The van der Waals surface area contributed by atoms with Gasteiger partial charge in [-0.25, -0.2) is 0 Å². The van der Waals surface area contributed by atoms with E-state index >= 15 is 0 Å². The molecule has 1 aromatic carbocycles. The van der Waals surface area contributed by atoms with Crippen molar-refractivity contribution in [2.45, 2.75) is 38.6 Å². The number of hydrogen-bond donors (Lipinski definition) is 1. The first-order chi connectivity index (χ1) is 9.70. The summed E-state index contributed by atoms with van der Waals surface area (Å²) in [5.74, 6) is 0.851. The first-order valence-electron chi connectivity index (χ1n) is 7.47. The summed E-state index contributed by atoms with van der Waals surface area (Å²) in [7, 11) is 0. The summed E-state index contributed by atoms with van der Waals surface area (Å²) in [4.78, 5) is 3.01. The summed E-state index contributed by atoms with van der Waals surface area (Å²) in [5.41, 5.74) is 6.48. The Bertz CT molecular complexity index is 446. The molecular formula is C16H24N2OS. The van der Waals surface area contributed by atoms with Crippen LogP contribution in [0.1, 0.15) is 38.2 Å². The van der Waals surface area contributed by atoms with E-state index in [9.17, 15) is 0 Å². The third-order valence-electron chi connectivity index (χ3n) is 3.55. The summed E-state index contributed by atoms with van der Waals surface area (Å²) in [6.07, 6.45) is 5.04. The predicted molar refractivity (Wildman–Crippen MR) is 87.3 cm³/mol. The van der Waals surface area contributed by atoms with E-state index in [-0.39, 0.29) is 0 Å². The summed E-state index contributed by atoms with van der Waals surface area (Å²) < 4.78 is 5.78. The van der Waals surface area contributed by atoms with Gasteiger partial charge in [0, 0.05) is 18.2 Å². The SMILES string of the molecule is CCCN(CCCOc1cccc(C(N)=S)c1)C1CC1. The van der Waals surface area contributed by atoms with Gasteiger partial charge in [0.05, 0.1) is 6.61 Å². The fraction of sp³-hybridized carbons (Fsp3) is 0.562. The summed E-state index contributed by atoms with van der Waals surface area (Å²) in [6, 6.07) is 8.54. The maximum atomic E-state index is 5.78. The van der Waals surface area contributed by atoms with Crippen LogP contribution in [0.15, 0.2) is 24.3 Å². The highest BCUT2D eigenvalue weighted by molar-refractivity contribution is 7.80. The van der Waals surface area contributed by atoms with Gasteiger partial charge in [0.15, 0.2) is 0 Å². The Kier molecular flexibility index (Phi) is 5.80. The van der Waals surface area contributed by atoms with Crippen molar-refractivity contribution in [1.82, 2.24) is 4.90 Å². The molecule has 0 saturated heterocycles. The molecule has 1 aliphatic carbocycles. The first-order valence-corrected chi connectivity index (χ1v) is 7.88. The molecule has 0 atom stereocenters. The monoisotopic (exact) mass is 292 g/mol. The molecule has 0 amide bonds. The number of benzene rings is 1. The quantitative estimate of drug-likeness (QED) is 0.561. The van der Waals surface area contributed by atoms with Crippen LogP contribution in [-0.2, 0) is 0 Å². The Hall–Kier alpha value is -1.13. The van der Waals surface area contributed by atoms with E-state index in [0.29, 0.717) is 4.99 Å². The molecule has 0 aliphatic heterocycles. The zero-order valence-electron chi connectivity index (χ0n) is 12.2. The van der Waals surface area contributed by atoms with Crippen LogP contribution in [0.3, 0.4) is 0 Å². The molecule has 2 rings (SSSR count). The number of ether oxygens (including phenoxy) is 1. The average Bonchev–Trinajstić information content (AvgIpc) is 3.27. The van der Waals surface area contributed by atoms with Crippen molar-refractivity contribution in [3.05, 3.63) is 29.8 Å². The molecular weight excluding hydrogens is 268 g/mol. The number of hydrogen-bond acceptors (Lipinski definition) is 3. The normalized spacial score (nSPS) is 14.5. The molecule has 1 fully saturated rings. The van der Waals surface area contributed by atoms with Gasteiger partial charge in [-0.2, -0.15) is 0 Å². The molecule has 2 N–H and O–H groups in total. The lowest BCUT2D eigenvalue weighted by Crippen LogP contribution is -2.28. The maximum Gasteiger partial charge on any atom is 0.119 e. The second-order valence-electron chi connectivity index (χ2n) is 5.36. The van der Waals surface area contributed by atoms with Crippen LogP contribution < -0.4 is 10.5 Å². The van der Waals surface area contributed by atoms with E-state index in [1.807, 2.05) is 24.3 Å². The van der Waals surface area contributed by atoms with E-state index in [1.54, 1.807) is 0 Å². The molecule has 20 heavy (non-hydrogen) atoms. The van der Waals surface area contributed by atoms with Crippen molar-refractivity contribution in [2.75, 3.05) is 19.7 Å². The van der Waals surface area contributed by atoms with Crippen LogP contribution in [-0.4, -0.2) is 35.6 Å². The minimum Gasteiger partial charge on any atom is -0.494 e. The van der Waals surface area contributed by atoms with Gasteiger partial charge in [-0.15, -0.1) is 0 Å². The summed E-state index contributed by atoms with van der Waals surface area (Å²) >= 11 is 4.97. The van der Waals surface area contributed by atoms with Crippen LogP contribution in [0.5, 0.6) is 5.75 Å². The molecule has 0 spiro atoms. The fourth-order valence-electron chi connectivity index (χ4n) is 2.40. The Morgan fingerprint density at radius 3 is 2.85 bits per heavy atom. The Labute approximate surface area is 127 Å². The maximum absolute atomic E-state index is 5.78. The van der Waals surface area contributed by atoms with Crippen LogP contribution in [0.25, 0.3) is 0 Å². The van der Waals surface area contributed by atoms with Gasteiger partial charge in [-0.3, -0.25) is 0 Å². The molecule has 3 nitrogen and oxygen atoms in total. The molecule has 1 saturated carbocycles. The molecule has 0 heterocycles. The van der Waals surface area contributed by atoms with Gasteiger partial charge in [0.2, 0.25) is 0 Å². The number of nitrogens with zero attached hydrogens (tertiary/aromatic N) is 1. The van der Waals surface area contributed by atoms with E-state index in [2.05, 4.69) is 11.8 Å². The Morgan fingerprint density at radius 1 is 1.40 bits per heavy atom. The van der Waals surface area contributed by atoms with Crippen molar-refractivity contribution < 1.29 is 4.74 Å². The highest BCUT2D eigenvalue weighted by Gasteiger charge is 2.27. The van der Waals surface area contributed by atoms with Gasteiger partial charge in [0.25, 0.3) is 0 Å². The van der Waals surface area contributed by atoms with Gasteiger partial charge in [0.1, 0.15) is 10.7 Å². The van der Waals surface area contributed by atoms with Crippen molar-refractivity contribution in [1.29, 1.82) is 0 Å². The van der Waals surface area contributed by atoms with Gasteiger partial charge in [-0.1, -0.05) is 31.3 Å². The van der Waals surface area contributed by atoms with Crippen molar-refractivity contribution >= 4 is 17.2 Å². The van der Waals surface area contributed by atoms with Crippen LogP contribution in [0.4, 0.5) is 0 Å². The van der Waals surface area contributed by atoms with Crippen molar-refractivity contribution in [3.63, 3.8) is 0 Å². The standard InChI is InChI=1S/C16H24N2OS/c1-2-9-18(14-7-8-14)10-4-11-19-15-6-3-5-13(12-15)16(17)20/h3,5-6,12,14H,2,4,7-11H2,1H3,(H2,17,20). The molecule has 4 heteroatoms. The Balaban J connectivity index is 1.72. The third-order valence-corrected chi connectivity index (χ3v) is 3.79. The lowest BCUT2D eigenvalue weighted by Gasteiger charge is -2.21. The van der Waals surface area contributed by atoms with Gasteiger partial charge >= 0.3 is 0 Å². The smallest absolute Gasteiger partial charge is 0.119 e. The molecule has 0 aromatic heterocycles. The van der Waals surface area contributed by atoms with E-state index in [4.69, 9.17) is 22.7 Å². The minimum atomic E-state index is 0.415. The molecule has 0 unspecified atom stereocenters. The van der Waals surface area contributed by atoms with Crippen LogP contribution >= 0.6 is 12.2 Å². The molecule has 1 aromatic rings. The third kappa shape index (κ3) is 4.76. The highest BCUT2D eigenvalue weighted by Crippen LogP contribution is 2.26. The molecule has 0 radical (unpaired) electrons. The molecule has 110 valence electrons. The number of rotatable bonds is 9. The van der Waals surface area contributed by atoms with Crippen LogP contribution in [0.2, 0.25) is 0 Å². The largest absolute Gasteiger partial charge is 0.494 e. The van der Waals surface area contributed by atoms with Crippen LogP contribution in [0, 0.1) is 0 Å². The first kappa shape index (κ1) is 15.3. The average molecular weight is 292 g/mol. The highest BCUT2D eigenvalue weighted by atomic mass is 32.1. The summed E-state index contributed by atoms with van der Waals surface area (Å²) in [5, 5.41) is 0. The van der Waals surface area contributed by atoms with Crippen molar-refractivity contribution in [2.24, 2.45) is 5.73 Å². The minimum absolute atomic E-state index is 0.415. The molecule has 0 bridgehead atoms. The number of thiocarbonyl (C=S) groups is 1. The lowest BCUT2D eigenvalue weighted by atomic mass is 10.2. The topological polar surface area (TPSA) is 38.5 Å². The van der Waals surface area contributed by atoms with Crippen molar-refractivity contribution in [3.8, 4) is 5.75 Å². The second kappa shape index (κ2) is 7.60.